The molecule has 0 N–H and O–H groups in total. The zero-order chi connectivity index (χ0) is 15.2. The van der Waals surface area contributed by atoms with Gasteiger partial charge in [-0.2, -0.15) is 16.8 Å². The van der Waals surface area contributed by atoms with Gasteiger partial charge in [-0.15, -0.1) is 0 Å². The molecule has 0 radical (unpaired) electrons. The van der Waals surface area contributed by atoms with E-state index in [2.05, 4.69) is 6.92 Å². The fourth-order valence-corrected chi connectivity index (χ4v) is 2.97. The Labute approximate surface area is 125 Å². The third-order valence-corrected chi connectivity index (χ3v) is 4.33. The average Bonchev–Trinajstić information content (AvgIpc) is 2.38. The molecular formula is C14H26O4S2. The summed E-state index contributed by atoms with van der Waals surface area (Å²) >= 11 is 0. The van der Waals surface area contributed by atoms with E-state index in [0.717, 1.165) is 19.3 Å². The highest BCUT2D eigenvalue weighted by Gasteiger charge is 2.07. The smallest absolute Gasteiger partial charge is 0.185 e. The molecule has 0 heterocycles. The summed E-state index contributed by atoms with van der Waals surface area (Å²) in [5, 5.41) is 2.54. The summed E-state index contributed by atoms with van der Waals surface area (Å²) in [6.45, 7) is 2.19. The number of hydrogen-bond donors (Lipinski definition) is 0. The molecule has 0 aliphatic heterocycles. The summed E-state index contributed by atoms with van der Waals surface area (Å²) in [6, 6.07) is 0. The van der Waals surface area contributed by atoms with Gasteiger partial charge in [0.05, 0.1) is 0 Å². The van der Waals surface area contributed by atoms with Gasteiger partial charge in [-0.1, -0.05) is 51.9 Å². The Balaban J connectivity index is 4.04. The molecule has 0 saturated heterocycles. The van der Waals surface area contributed by atoms with Gasteiger partial charge in [0.15, 0.2) is 0 Å². The predicted octanol–water partition coefficient (Wildman–Crippen LogP) is 2.89. The van der Waals surface area contributed by atoms with Gasteiger partial charge < -0.3 is 0 Å². The van der Waals surface area contributed by atoms with Crippen LogP contribution in [0.15, 0.2) is 0 Å². The Hall–Kier alpha value is -0.620. The second kappa shape index (κ2) is 13.4. The summed E-state index contributed by atoms with van der Waals surface area (Å²) < 4.78 is 42.0. The first-order chi connectivity index (χ1) is 9.56. The van der Waals surface area contributed by atoms with Crippen molar-refractivity contribution in [1.29, 1.82) is 0 Å². The van der Waals surface area contributed by atoms with Gasteiger partial charge in [-0.3, -0.25) is 0 Å². The van der Waals surface area contributed by atoms with E-state index in [-0.39, 0.29) is 5.92 Å². The molecule has 0 aromatic rings. The zero-order valence-electron chi connectivity index (χ0n) is 12.3. The third kappa shape index (κ3) is 13.8. The standard InChI is InChI=1S/C14H26O4S2/c1-2-3-4-5-6-7-9-14(11-13-20(17)18)10-8-12-19(15)16/h12-14H,2-11H2,1H3. The summed E-state index contributed by atoms with van der Waals surface area (Å²) in [5.41, 5.74) is 0. The van der Waals surface area contributed by atoms with Crippen LogP contribution in [0, 0.1) is 5.92 Å². The molecule has 0 aliphatic carbocycles. The Morgan fingerprint density at radius 2 is 1.40 bits per heavy atom. The summed E-state index contributed by atoms with van der Waals surface area (Å²) in [5.74, 6) is 0.263. The first-order valence-corrected chi connectivity index (χ1v) is 9.66. The van der Waals surface area contributed by atoms with Gasteiger partial charge in [-0.05, 0) is 25.2 Å². The van der Waals surface area contributed by atoms with Crippen molar-refractivity contribution in [3.63, 3.8) is 0 Å². The number of rotatable bonds is 12. The second-order valence-corrected chi connectivity index (χ2v) is 6.80. The molecule has 6 heteroatoms. The highest BCUT2D eigenvalue weighted by Crippen LogP contribution is 2.18. The molecule has 0 aromatic carbocycles. The first kappa shape index (κ1) is 19.4. The lowest BCUT2D eigenvalue weighted by Crippen LogP contribution is -2.02. The van der Waals surface area contributed by atoms with Crippen molar-refractivity contribution in [3.05, 3.63) is 0 Å². The SMILES string of the molecule is CCCCCCCCC(CC=S(=O)=O)CCC=S(=O)=O. The predicted molar refractivity (Wildman–Crippen MR) is 85.3 cm³/mol. The van der Waals surface area contributed by atoms with E-state index in [9.17, 15) is 16.8 Å². The molecular weight excluding hydrogens is 296 g/mol. The molecule has 4 nitrogen and oxygen atoms in total. The van der Waals surface area contributed by atoms with Gasteiger partial charge in [-0.25, -0.2) is 0 Å². The van der Waals surface area contributed by atoms with Crippen molar-refractivity contribution in [2.45, 2.75) is 71.1 Å². The van der Waals surface area contributed by atoms with Crippen LogP contribution in [0.4, 0.5) is 0 Å². The Morgan fingerprint density at radius 3 is 2.00 bits per heavy atom. The maximum atomic E-state index is 10.6. The fraction of sp³-hybridized carbons (Fsp3) is 0.857. The van der Waals surface area contributed by atoms with Crippen LogP contribution in [0.1, 0.15) is 71.1 Å². The monoisotopic (exact) mass is 322 g/mol. The number of unbranched alkanes of at least 4 members (excludes halogenated alkanes) is 5. The van der Waals surface area contributed by atoms with Crippen LogP contribution >= 0.6 is 0 Å². The molecule has 1 unspecified atom stereocenters. The fourth-order valence-electron chi connectivity index (χ4n) is 2.21. The lowest BCUT2D eigenvalue weighted by Gasteiger charge is -2.12. The average molecular weight is 322 g/mol. The minimum absolute atomic E-state index is 0.263. The Morgan fingerprint density at radius 1 is 0.800 bits per heavy atom. The Kier molecular flexibility index (Phi) is 13.0. The van der Waals surface area contributed by atoms with Crippen molar-refractivity contribution in [3.8, 4) is 0 Å². The van der Waals surface area contributed by atoms with E-state index in [0.29, 0.717) is 12.8 Å². The van der Waals surface area contributed by atoms with Crippen molar-refractivity contribution < 1.29 is 16.8 Å². The van der Waals surface area contributed by atoms with E-state index >= 15 is 0 Å². The van der Waals surface area contributed by atoms with Gasteiger partial charge in [0, 0.05) is 10.7 Å². The van der Waals surface area contributed by atoms with Crippen LogP contribution in [0.5, 0.6) is 0 Å². The van der Waals surface area contributed by atoms with Gasteiger partial charge in [0.2, 0.25) is 20.6 Å². The molecule has 0 amide bonds. The van der Waals surface area contributed by atoms with E-state index in [4.69, 9.17) is 0 Å². The van der Waals surface area contributed by atoms with Crippen molar-refractivity contribution in [1.82, 2.24) is 0 Å². The maximum absolute atomic E-state index is 10.6. The topological polar surface area (TPSA) is 68.3 Å². The largest absolute Gasteiger partial charge is 0.209 e. The molecule has 0 aliphatic rings. The van der Waals surface area contributed by atoms with Crippen LogP contribution in [-0.4, -0.2) is 27.6 Å². The van der Waals surface area contributed by atoms with Crippen molar-refractivity contribution in [2.75, 3.05) is 0 Å². The molecule has 118 valence electrons. The van der Waals surface area contributed by atoms with Crippen LogP contribution in [-0.2, 0) is 20.6 Å². The summed E-state index contributed by atoms with van der Waals surface area (Å²) in [6.07, 6.45) is 9.99. The van der Waals surface area contributed by atoms with Gasteiger partial charge in [0.1, 0.15) is 0 Å². The molecule has 0 bridgehead atoms. The molecule has 0 rings (SSSR count). The quantitative estimate of drug-likeness (QED) is 0.409. The zero-order valence-corrected chi connectivity index (χ0v) is 13.9. The third-order valence-electron chi connectivity index (χ3n) is 3.36. The van der Waals surface area contributed by atoms with Crippen LogP contribution in [0.25, 0.3) is 0 Å². The Bertz CT molecular complexity index is 473. The van der Waals surface area contributed by atoms with E-state index in [1.54, 1.807) is 0 Å². The lowest BCUT2D eigenvalue weighted by molar-refractivity contribution is 0.446. The van der Waals surface area contributed by atoms with E-state index in [1.807, 2.05) is 0 Å². The van der Waals surface area contributed by atoms with E-state index in [1.165, 1.54) is 42.8 Å². The lowest BCUT2D eigenvalue weighted by atomic mass is 9.94. The normalized spacial score (nSPS) is 11.8. The van der Waals surface area contributed by atoms with Crippen molar-refractivity contribution in [2.24, 2.45) is 5.92 Å². The molecule has 0 fully saturated rings. The molecule has 1 atom stereocenters. The number of hydrogen-bond acceptors (Lipinski definition) is 4. The summed E-state index contributed by atoms with van der Waals surface area (Å²) in [4.78, 5) is 0. The van der Waals surface area contributed by atoms with E-state index < -0.39 is 20.6 Å². The van der Waals surface area contributed by atoms with Gasteiger partial charge in [0.25, 0.3) is 0 Å². The summed E-state index contributed by atoms with van der Waals surface area (Å²) in [7, 11) is -4.23. The molecule has 0 aromatic heterocycles. The van der Waals surface area contributed by atoms with Crippen molar-refractivity contribution >= 4 is 31.3 Å². The van der Waals surface area contributed by atoms with Crippen LogP contribution in [0.3, 0.4) is 0 Å². The van der Waals surface area contributed by atoms with Crippen LogP contribution < -0.4 is 0 Å². The molecule has 0 saturated carbocycles. The first-order valence-electron chi connectivity index (χ1n) is 7.39. The highest BCUT2D eigenvalue weighted by atomic mass is 32.2. The second-order valence-electron chi connectivity index (χ2n) is 5.09. The minimum Gasteiger partial charge on any atom is -0.185 e. The highest BCUT2D eigenvalue weighted by molar-refractivity contribution is 7.71. The molecule has 20 heavy (non-hydrogen) atoms. The minimum atomic E-state index is -2.12. The van der Waals surface area contributed by atoms with Crippen LogP contribution in [0.2, 0.25) is 0 Å². The van der Waals surface area contributed by atoms with Gasteiger partial charge >= 0.3 is 0 Å². The maximum Gasteiger partial charge on any atom is 0.209 e. The molecule has 0 spiro atoms.